The first-order valence-electron chi connectivity index (χ1n) is 7.21. The molecular formula is C16H19ClN4. The minimum atomic E-state index is 0.853. The molecule has 2 heterocycles. The van der Waals surface area contributed by atoms with Crippen molar-refractivity contribution in [1.82, 2.24) is 14.9 Å². The first kappa shape index (κ1) is 14.3. The van der Waals surface area contributed by atoms with Crippen molar-refractivity contribution in [2.24, 2.45) is 0 Å². The summed E-state index contributed by atoms with van der Waals surface area (Å²) in [6.45, 7) is 7.00. The Morgan fingerprint density at radius 3 is 2.62 bits per heavy atom. The first-order valence-corrected chi connectivity index (χ1v) is 7.59. The summed E-state index contributed by atoms with van der Waals surface area (Å²) in [6.07, 6.45) is 3.50. The van der Waals surface area contributed by atoms with Crippen molar-refractivity contribution in [1.29, 1.82) is 0 Å². The molecule has 0 unspecified atom stereocenters. The molecule has 0 radical (unpaired) electrons. The van der Waals surface area contributed by atoms with E-state index in [2.05, 4.69) is 32.8 Å². The predicted octanol–water partition coefficient (Wildman–Crippen LogP) is 2.76. The molecular weight excluding hydrogens is 284 g/mol. The normalized spacial score (nSPS) is 16.2. The van der Waals surface area contributed by atoms with Gasteiger partial charge in [-0.1, -0.05) is 29.8 Å². The van der Waals surface area contributed by atoms with Crippen molar-refractivity contribution in [2.75, 3.05) is 31.1 Å². The zero-order valence-electron chi connectivity index (χ0n) is 12.2. The number of piperazine rings is 1. The van der Waals surface area contributed by atoms with E-state index in [4.69, 9.17) is 11.6 Å². The van der Waals surface area contributed by atoms with Crippen molar-refractivity contribution in [3.05, 3.63) is 52.9 Å². The molecule has 0 saturated carbocycles. The van der Waals surface area contributed by atoms with Crippen LogP contribution >= 0.6 is 11.6 Å². The summed E-state index contributed by atoms with van der Waals surface area (Å²) in [5.41, 5.74) is 2.34. The molecule has 1 aromatic carbocycles. The summed E-state index contributed by atoms with van der Waals surface area (Å²) in [4.78, 5) is 13.2. The van der Waals surface area contributed by atoms with Gasteiger partial charge in [-0.25, -0.2) is 9.97 Å². The Kier molecular flexibility index (Phi) is 4.36. The number of hydrogen-bond acceptors (Lipinski definition) is 4. The Bertz CT molecular complexity index is 609. The van der Waals surface area contributed by atoms with Crippen LogP contribution in [0.4, 0.5) is 5.82 Å². The Labute approximate surface area is 130 Å². The van der Waals surface area contributed by atoms with E-state index < -0.39 is 0 Å². The highest BCUT2D eigenvalue weighted by Crippen LogP contribution is 2.20. The summed E-state index contributed by atoms with van der Waals surface area (Å²) < 4.78 is 0. The van der Waals surface area contributed by atoms with E-state index in [9.17, 15) is 0 Å². The van der Waals surface area contributed by atoms with E-state index in [1.54, 1.807) is 6.33 Å². The quantitative estimate of drug-likeness (QED) is 0.873. The molecule has 0 amide bonds. The van der Waals surface area contributed by atoms with Crippen LogP contribution in [0.25, 0.3) is 0 Å². The summed E-state index contributed by atoms with van der Waals surface area (Å²) in [7, 11) is 0. The van der Waals surface area contributed by atoms with Crippen molar-refractivity contribution in [3.63, 3.8) is 0 Å². The Morgan fingerprint density at radius 1 is 1.14 bits per heavy atom. The van der Waals surface area contributed by atoms with E-state index in [-0.39, 0.29) is 0 Å². The number of benzene rings is 1. The molecule has 2 aromatic rings. The van der Waals surface area contributed by atoms with E-state index in [0.29, 0.717) is 0 Å². The van der Waals surface area contributed by atoms with Gasteiger partial charge in [-0.2, -0.15) is 0 Å². The smallest absolute Gasteiger partial charge is 0.134 e. The van der Waals surface area contributed by atoms with Gasteiger partial charge >= 0.3 is 0 Å². The Morgan fingerprint density at radius 2 is 1.90 bits per heavy atom. The van der Waals surface area contributed by atoms with Gasteiger partial charge in [-0.3, -0.25) is 4.90 Å². The lowest BCUT2D eigenvalue weighted by Crippen LogP contribution is -2.46. The van der Waals surface area contributed by atoms with Gasteiger partial charge in [0.25, 0.3) is 0 Å². The van der Waals surface area contributed by atoms with Gasteiger partial charge < -0.3 is 4.90 Å². The highest BCUT2D eigenvalue weighted by molar-refractivity contribution is 6.31. The van der Waals surface area contributed by atoms with E-state index >= 15 is 0 Å². The lowest BCUT2D eigenvalue weighted by Gasteiger charge is -2.36. The predicted molar refractivity (Wildman–Crippen MR) is 85.7 cm³/mol. The molecule has 0 atom stereocenters. The molecule has 1 fully saturated rings. The number of halogens is 1. The number of rotatable bonds is 3. The van der Waals surface area contributed by atoms with Crippen LogP contribution in [0.2, 0.25) is 5.02 Å². The zero-order valence-corrected chi connectivity index (χ0v) is 12.9. The Balaban J connectivity index is 1.61. The monoisotopic (exact) mass is 302 g/mol. The summed E-state index contributed by atoms with van der Waals surface area (Å²) in [6, 6.07) is 8.07. The highest BCUT2D eigenvalue weighted by atomic mass is 35.5. The second kappa shape index (κ2) is 6.41. The van der Waals surface area contributed by atoms with E-state index in [1.807, 2.05) is 24.4 Å². The van der Waals surface area contributed by atoms with Crippen LogP contribution in [0.3, 0.4) is 0 Å². The molecule has 0 N–H and O–H groups in total. The van der Waals surface area contributed by atoms with Gasteiger partial charge in [0.05, 0.1) is 0 Å². The maximum Gasteiger partial charge on any atom is 0.134 e. The van der Waals surface area contributed by atoms with Crippen LogP contribution < -0.4 is 4.90 Å². The summed E-state index contributed by atoms with van der Waals surface area (Å²) in [5.74, 6) is 1.06. The maximum atomic E-state index is 6.23. The third-order valence-corrected chi connectivity index (χ3v) is 4.26. The van der Waals surface area contributed by atoms with Gasteiger partial charge in [0.2, 0.25) is 0 Å². The van der Waals surface area contributed by atoms with Gasteiger partial charge in [-0.15, -0.1) is 0 Å². The SMILES string of the molecule is Cc1cncnc1N1CCN(Cc2ccccc2Cl)CC1. The van der Waals surface area contributed by atoms with Crippen LogP contribution in [0, 0.1) is 6.92 Å². The molecule has 1 saturated heterocycles. The second-order valence-electron chi connectivity index (χ2n) is 5.38. The van der Waals surface area contributed by atoms with Crippen LogP contribution in [0.5, 0.6) is 0 Å². The van der Waals surface area contributed by atoms with Crippen LogP contribution in [-0.4, -0.2) is 41.0 Å². The zero-order chi connectivity index (χ0) is 14.7. The largest absolute Gasteiger partial charge is 0.354 e. The molecule has 4 nitrogen and oxygen atoms in total. The number of anilines is 1. The van der Waals surface area contributed by atoms with Crippen LogP contribution in [0.15, 0.2) is 36.8 Å². The summed E-state index contributed by atoms with van der Waals surface area (Å²) in [5, 5.41) is 0.853. The number of nitrogens with zero attached hydrogens (tertiary/aromatic N) is 4. The molecule has 0 aliphatic carbocycles. The number of aromatic nitrogens is 2. The van der Waals surface area contributed by atoms with E-state index in [0.717, 1.165) is 49.1 Å². The van der Waals surface area contributed by atoms with E-state index in [1.165, 1.54) is 5.56 Å². The Hall–Kier alpha value is -1.65. The second-order valence-corrected chi connectivity index (χ2v) is 5.79. The molecule has 110 valence electrons. The molecule has 3 rings (SSSR count). The van der Waals surface area contributed by atoms with Gasteiger partial charge in [0.15, 0.2) is 0 Å². The fourth-order valence-corrected chi connectivity index (χ4v) is 2.90. The lowest BCUT2D eigenvalue weighted by molar-refractivity contribution is 0.249. The number of aryl methyl sites for hydroxylation is 1. The molecule has 1 aromatic heterocycles. The standard InChI is InChI=1S/C16H19ClN4/c1-13-10-18-12-19-16(13)21-8-6-20(7-9-21)11-14-4-2-3-5-15(14)17/h2-5,10,12H,6-9,11H2,1H3. The van der Waals surface area contributed by atoms with Crippen molar-refractivity contribution < 1.29 is 0 Å². The topological polar surface area (TPSA) is 32.3 Å². The third kappa shape index (κ3) is 3.34. The van der Waals surface area contributed by atoms with Crippen molar-refractivity contribution >= 4 is 17.4 Å². The third-order valence-electron chi connectivity index (χ3n) is 3.89. The molecule has 0 bridgehead atoms. The summed E-state index contributed by atoms with van der Waals surface area (Å²) >= 11 is 6.23. The molecule has 1 aliphatic rings. The number of hydrogen-bond donors (Lipinski definition) is 0. The lowest BCUT2D eigenvalue weighted by atomic mass is 10.2. The molecule has 0 spiro atoms. The minimum Gasteiger partial charge on any atom is -0.354 e. The van der Waals surface area contributed by atoms with Gasteiger partial charge in [0.1, 0.15) is 12.1 Å². The minimum absolute atomic E-state index is 0.853. The van der Waals surface area contributed by atoms with Crippen molar-refractivity contribution in [3.8, 4) is 0 Å². The van der Waals surface area contributed by atoms with Gasteiger partial charge in [0, 0.05) is 49.5 Å². The van der Waals surface area contributed by atoms with Crippen molar-refractivity contribution in [2.45, 2.75) is 13.5 Å². The van der Waals surface area contributed by atoms with Crippen LogP contribution in [0.1, 0.15) is 11.1 Å². The maximum absolute atomic E-state index is 6.23. The fourth-order valence-electron chi connectivity index (χ4n) is 2.71. The molecule has 5 heteroatoms. The fraction of sp³-hybridized carbons (Fsp3) is 0.375. The first-order chi connectivity index (χ1) is 10.2. The molecule has 1 aliphatic heterocycles. The molecule has 21 heavy (non-hydrogen) atoms. The van der Waals surface area contributed by atoms with Crippen LogP contribution in [-0.2, 0) is 6.54 Å². The average Bonchev–Trinajstić information content (AvgIpc) is 2.51. The average molecular weight is 303 g/mol. The highest BCUT2D eigenvalue weighted by Gasteiger charge is 2.19. The van der Waals surface area contributed by atoms with Gasteiger partial charge in [-0.05, 0) is 18.6 Å².